The molecule has 2 aromatic rings. The van der Waals surface area contributed by atoms with E-state index in [1.807, 2.05) is 36.4 Å². The highest BCUT2D eigenvalue weighted by atomic mass is 35.5. The van der Waals surface area contributed by atoms with Crippen LogP contribution in [0, 0.1) is 0 Å². The lowest BCUT2D eigenvalue weighted by Crippen LogP contribution is -2.28. The SMILES string of the molecule is O=C(CC1S/C(=N/N=C/c2ccccc2Cl)NC1=O)Nc1ccccc1. The summed E-state index contributed by atoms with van der Waals surface area (Å²) in [6.07, 6.45) is 1.57. The molecule has 1 fully saturated rings. The maximum atomic E-state index is 12.1. The summed E-state index contributed by atoms with van der Waals surface area (Å²) in [4.78, 5) is 24.1. The first-order valence-electron chi connectivity index (χ1n) is 7.80. The summed E-state index contributed by atoms with van der Waals surface area (Å²) in [6, 6.07) is 16.3. The third-order valence-corrected chi connectivity index (χ3v) is 4.87. The van der Waals surface area contributed by atoms with Crippen molar-refractivity contribution in [1.82, 2.24) is 5.32 Å². The van der Waals surface area contributed by atoms with Gasteiger partial charge in [0.2, 0.25) is 11.8 Å². The standard InChI is InChI=1S/C18H15ClN4O2S/c19-14-9-5-4-6-12(14)11-20-23-18-22-17(25)15(26-18)10-16(24)21-13-7-2-1-3-8-13/h1-9,11,15H,10H2,(H,21,24)(H,22,23,25)/b20-11+. The number of hydrogen-bond donors (Lipinski definition) is 2. The number of hydrogen-bond acceptors (Lipinski definition) is 5. The first-order chi connectivity index (χ1) is 12.6. The molecule has 0 radical (unpaired) electrons. The molecule has 26 heavy (non-hydrogen) atoms. The van der Waals surface area contributed by atoms with E-state index < -0.39 is 5.25 Å². The molecule has 1 atom stereocenters. The van der Waals surface area contributed by atoms with Crippen molar-refractivity contribution in [3.05, 3.63) is 65.2 Å². The second kappa shape index (κ2) is 8.64. The Morgan fingerprint density at radius 2 is 1.92 bits per heavy atom. The molecule has 1 aliphatic rings. The van der Waals surface area contributed by atoms with Crippen molar-refractivity contribution >= 4 is 52.2 Å². The number of nitrogens with one attached hydrogen (secondary N) is 2. The number of carbonyl (C=O) groups excluding carboxylic acids is 2. The normalized spacial score (nSPS) is 18.3. The molecule has 0 aliphatic carbocycles. The van der Waals surface area contributed by atoms with E-state index in [1.54, 1.807) is 18.2 Å². The number of nitrogens with zero attached hydrogens (tertiary/aromatic N) is 2. The molecule has 0 spiro atoms. The Hall–Kier alpha value is -2.64. The number of benzene rings is 2. The molecule has 0 saturated carbocycles. The van der Waals surface area contributed by atoms with Crippen LogP contribution >= 0.6 is 23.4 Å². The van der Waals surface area contributed by atoms with Gasteiger partial charge >= 0.3 is 0 Å². The van der Waals surface area contributed by atoms with Crippen molar-refractivity contribution in [2.75, 3.05) is 5.32 Å². The van der Waals surface area contributed by atoms with Gasteiger partial charge in [-0.15, -0.1) is 5.10 Å². The van der Waals surface area contributed by atoms with Gasteiger partial charge in [-0.2, -0.15) is 5.10 Å². The highest BCUT2D eigenvalue weighted by molar-refractivity contribution is 8.15. The first kappa shape index (κ1) is 18.2. The number of halogens is 1. The lowest BCUT2D eigenvalue weighted by molar-refractivity contribution is -0.122. The second-order valence-corrected chi connectivity index (χ2v) is 6.98. The van der Waals surface area contributed by atoms with Gasteiger partial charge in [0.1, 0.15) is 5.25 Å². The van der Waals surface area contributed by atoms with Crippen LogP contribution in [0.2, 0.25) is 5.02 Å². The number of amides is 2. The molecular formula is C18H15ClN4O2S. The van der Waals surface area contributed by atoms with Gasteiger partial charge in [0.05, 0.1) is 6.21 Å². The molecule has 132 valence electrons. The lowest BCUT2D eigenvalue weighted by atomic mass is 10.2. The molecule has 2 N–H and O–H groups in total. The average Bonchev–Trinajstić information content (AvgIpc) is 2.97. The summed E-state index contributed by atoms with van der Waals surface area (Å²) in [5.74, 6) is -0.491. The molecule has 1 saturated heterocycles. The zero-order chi connectivity index (χ0) is 18.4. The average molecular weight is 387 g/mol. The van der Waals surface area contributed by atoms with E-state index >= 15 is 0 Å². The van der Waals surface area contributed by atoms with Crippen LogP contribution in [0.15, 0.2) is 64.8 Å². The van der Waals surface area contributed by atoms with E-state index in [2.05, 4.69) is 20.8 Å². The molecule has 2 amide bonds. The van der Waals surface area contributed by atoms with E-state index in [9.17, 15) is 9.59 Å². The molecule has 8 heteroatoms. The Balaban J connectivity index is 1.56. The van der Waals surface area contributed by atoms with Gasteiger partial charge in [-0.3, -0.25) is 9.59 Å². The van der Waals surface area contributed by atoms with E-state index in [1.165, 1.54) is 18.0 Å². The predicted octanol–water partition coefficient (Wildman–Crippen LogP) is 3.29. The van der Waals surface area contributed by atoms with Gasteiger partial charge in [0.15, 0.2) is 5.17 Å². The minimum atomic E-state index is -0.534. The fourth-order valence-corrected chi connectivity index (χ4v) is 3.32. The van der Waals surface area contributed by atoms with Crippen LogP contribution in [-0.2, 0) is 9.59 Å². The van der Waals surface area contributed by atoms with Gasteiger partial charge in [-0.05, 0) is 18.2 Å². The van der Waals surface area contributed by atoms with Crippen molar-refractivity contribution in [1.29, 1.82) is 0 Å². The van der Waals surface area contributed by atoms with Crippen LogP contribution in [-0.4, -0.2) is 28.4 Å². The van der Waals surface area contributed by atoms with Crippen LogP contribution < -0.4 is 10.6 Å². The summed E-state index contributed by atoms with van der Waals surface area (Å²) in [7, 11) is 0. The zero-order valence-corrected chi connectivity index (χ0v) is 15.1. The Kier molecular flexibility index (Phi) is 6.04. The Morgan fingerprint density at radius 1 is 1.19 bits per heavy atom. The van der Waals surface area contributed by atoms with Gasteiger partial charge in [-0.25, -0.2) is 0 Å². The number of thioether (sulfide) groups is 1. The smallest absolute Gasteiger partial charge is 0.240 e. The molecule has 1 unspecified atom stereocenters. The van der Waals surface area contributed by atoms with E-state index in [0.717, 1.165) is 5.56 Å². The van der Waals surface area contributed by atoms with Crippen LogP contribution in [0.25, 0.3) is 0 Å². The van der Waals surface area contributed by atoms with Crippen LogP contribution in [0.5, 0.6) is 0 Å². The Bertz CT molecular complexity index is 871. The highest BCUT2D eigenvalue weighted by Crippen LogP contribution is 2.23. The Morgan fingerprint density at radius 3 is 2.69 bits per heavy atom. The lowest BCUT2D eigenvalue weighted by Gasteiger charge is -2.06. The van der Waals surface area contributed by atoms with E-state index in [0.29, 0.717) is 15.9 Å². The third-order valence-electron chi connectivity index (χ3n) is 3.46. The monoisotopic (exact) mass is 386 g/mol. The number of carbonyl (C=O) groups is 2. The van der Waals surface area contributed by atoms with Crippen LogP contribution in [0.3, 0.4) is 0 Å². The molecule has 1 aliphatic heterocycles. The maximum absolute atomic E-state index is 12.1. The molecular weight excluding hydrogens is 372 g/mol. The first-order valence-corrected chi connectivity index (χ1v) is 9.05. The van der Waals surface area contributed by atoms with Crippen molar-refractivity contribution < 1.29 is 9.59 Å². The number of rotatable bonds is 5. The molecule has 0 aromatic heterocycles. The van der Waals surface area contributed by atoms with Gasteiger partial charge in [0, 0.05) is 22.7 Å². The topological polar surface area (TPSA) is 82.9 Å². The molecule has 2 aromatic carbocycles. The summed E-state index contributed by atoms with van der Waals surface area (Å²) in [6.45, 7) is 0. The van der Waals surface area contributed by atoms with Gasteiger partial charge < -0.3 is 10.6 Å². The molecule has 3 rings (SSSR count). The highest BCUT2D eigenvalue weighted by Gasteiger charge is 2.32. The molecule has 6 nitrogen and oxygen atoms in total. The summed E-state index contributed by atoms with van der Waals surface area (Å²) in [5.41, 5.74) is 1.42. The fourth-order valence-electron chi connectivity index (χ4n) is 2.21. The van der Waals surface area contributed by atoms with Crippen molar-refractivity contribution in [3.8, 4) is 0 Å². The largest absolute Gasteiger partial charge is 0.326 e. The molecule has 1 heterocycles. The summed E-state index contributed by atoms with van der Waals surface area (Å²) in [5, 5.41) is 13.7. The van der Waals surface area contributed by atoms with Crippen molar-refractivity contribution in [3.63, 3.8) is 0 Å². The summed E-state index contributed by atoms with van der Waals surface area (Å²) < 4.78 is 0. The van der Waals surface area contributed by atoms with Crippen molar-refractivity contribution in [2.45, 2.75) is 11.7 Å². The third kappa shape index (κ3) is 4.93. The van der Waals surface area contributed by atoms with E-state index in [4.69, 9.17) is 11.6 Å². The quantitative estimate of drug-likeness (QED) is 0.611. The molecule has 0 bridgehead atoms. The fraction of sp³-hybridized carbons (Fsp3) is 0.111. The van der Waals surface area contributed by atoms with Gasteiger partial charge in [-0.1, -0.05) is 59.8 Å². The van der Waals surface area contributed by atoms with Crippen LogP contribution in [0.1, 0.15) is 12.0 Å². The predicted molar refractivity (Wildman–Crippen MR) is 106 cm³/mol. The Labute approximate surface area is 159 Å². The van der Waals surface area contributed by atoms with Crippen LogP contribution in [0.4, 0.5) is 5.69 Å². The maximum Gasteiger partial charge on any atom is 0.240 e. The minimum Gasteiger partial charge on any atom is -0.326 e. The minimum absolute atomic E-state index is 0.0542. The number of amidine groups is 1. The number of anilines is 1. The van der Waals surface area contributed by atoms with Crippen molar-refractivity contribution in [2.24, 2.45) is 10.2 Å². The zero-order valence-electron chi connectivity index (χ0n) is 13.6. The second-order valence-electron chi connectivity index (χ2n) is 5.39. The van der Waals surface area contributed by atoms with Gasteiger partial charge in [0.25, 0.3) is 0 Å². The summed E-state index contributed by atoms with van der Waals surface area (Å²) >= 11 is 7.21. The number of para-hydroxylation sites is 1. The van der Waals surface area contributed by atoms with E-state index in [-0.39, 0.29) is 18.2 Å².